The number of rotatable bonds is 8. The molecule has 0 saturated carbocycles. The van der Waals surface area contributed by atoms with Crippen molar-refractivity contribution < 1.29 is 0 Å². The number of hydrogen-bond acceptors (Lipinski definition) is 4. The molecule has 2 aliphatic carbocycles. The van der Waals surface area contributed by atoms with Crippen LogP contribution in [0.15, 0.2) is 59.8 Å². The maximum atomic E-state index is 4.89. The Morgan fingerprint density at radius 1 is 0.786 bits per heavy atom. The van der Waals surface area contributed by atoms with Gasteiger partial charge in [0.25, 0.3) is 0 Å². The highest BCUT2D eigenvalue weighted by molar-refractivity contribution is 7.27. The summed E-state index contributed by atoms with van der Waals surface area (Å²) in [7, 11) is 0. The van der Waals surface area contributed by atoms with Crippen molar-refractivity contribution >= 4 is 43.5 Å². The van der Waals surface area contributed by atoms with Crippen LogP contribution >= 0.6 is 22.7 Å². The molecule has 4 heteroatoms. The van der Waals surface area contributed by atoms with Gasteiger partial charge in [-0.2, -0.15) is 0 Å². The van der Waals surface area contributed by atoms with Crippen molar-refractivity contribution in [3.8, 4) is 0 Å². The van der Waals surface area contributed by atoms with E-state index in [1.54, 1.807) is 22.7 Å². The summed E-state index contributed by atoms with van der Waals surface area (Å²) < 4.78 is 0. The number of thiazole rings is 2. The normalized spacial score (nSPS) is 16.2. The third kappa shape index (κ3) is 4.34. The van der Waals surface area contributed by atoms with E-state index in [9.17, 15) is 0 Å². The lowest BCUT2D eigenvalue weighted by atomic mass is 10.0. The first-order chi connectivity index (χ1) is 13.5. The largest absolute Gasteiger partial charge is 0.224 e. The molecule has 4 rings (SSSR count). The summed E-state index contributed by atoms with van der Waals surface area (Å²) in [5.41, 5.74) is 8.12. The van der Waals surface area contributed by atoms with E-state index in [0.717, 1.165) is 58.2 Å². The zero-order valence-electron chi connectivity index (χ0n) is 16.7. The van der Waals surface area contributed by atoms with Crippen molar-refractivity contribution in [3.63, 3.8) is 0 Å². The topological polar surface area (TPSA) is 25.8 Å². The molecule has 2 aromatic heterocycles. The maximum Gasteiger partial charge on any atom is 0.155 e. The third-order valence-corrected chi connectivity index (χ3v) is 7.33. The zero-order chi connectivity index (χ0) is 19.7. The predicted octanol–water partition coefficient (Wildman–Crippen LogP) is 7.89. The molecule has 2 nitrogen and oxygen atoms in total. The van der Waals surface area contributed by atoms with E-state index >= 15 is 0 Å². The Balaban J connectivity index is 1.39. The molecule has 0 saturated heterocycles. The Bertz CT molecular complexity index is 956. The minimum Gasteiger partial charge on any atom is -0.224 e. The van der Waals surface area contributed by atoms with Crippen molar-refractivity contribution in [3.05, 3.63) is 69.8 Å². The van der Waals surface area contributed by atoms with Crippen LogP contribution in [0.2, 0.25) is 0 Å². The van der Waals surface area contributed by atoms with Gasteiger partial charge in [-0.3, -0.25) is 0 Å². The molecule has 0 spiro atoms. The molecule has 0 atom stereocenters. The van der Waals surface area contributed by atoms with Gasteiger partial charge in [0.05, 0.1) is 0 Å². The van der Waals surface area contributed by atoms with Gasteiger partial charge in [-0.05, 0) is 63.5 Å². The average Bonchev–Trinajstić information content (AvgIpc) is 3.39. The molecule has 0 radical (unpaired) electrons. The molecular formula is C24H26N2S2. The summed E-state index contributed by atoms with van der Waals surface area (Å²) in [5.74, 6) is 0. The van der Waals surface area contributed by atoms with Crippen LogP contribution in [-0.4, -0.2) is 9.97 Å². The van der Waals surface area contributed by atoms with E-state index in [-0.39, 0.29) is 0 Å². The summed E-state index contributed by atoms with van der Waals surface area (Å²) in [5, 5.41) is 2.25. The highest BCUT2D eigenvalue weighted by Crippen LogP contribution is 2.39. The van der Waals surface area contributed by atoms with E-state index in [1.165, 1.54) is 33.4 Å². The second-order valence-electron chi connectivity index (χ2n) is 7.95. The number of fused-ring (bicyclic) bond motifs is 1. The Morgan fingerprint density at radius 2 is 1.21 bits per heavy atom. The Morgan fingerprint density at radius 3 is 1.61 bits per heavy atom. The number of nitrogens with zero attached hydrogens (tertiary/aromatic N) is 2. The van der Waals surface area contributed by atoms with Crippen LogP contribution in [0, 0.1) is 0 Å². The minimum absolute atomic E-state index is 1.02. The fourth-order valence-corrected chi connectivity index (χ4v) is 5.55. The molecule has 2 heterocycles. The highest BCUT2D eigenvalue weighted by atomic mass is 32.1. The molecular weight excluding hydrogens is 380 g/mol. The van der Waals surface area contributed by atoms with Gasteiger partial charge in [0.2, 0.25) is 0 Å². The van der Waals surface area contributed by atoms with Crippen LogP contribution in [0.4, 0.5) is 0 Å². The van der Waals surface area contributed by atoms with Crippen molar-refractivity contribution in [2.75, 3.05) is 0 Å². The lowest BCUT2D eigenvalue weighted by Gasteiger charge is -2.03. The van der Waals surface area contributed by atoms with Gasteiger partial charge in [0, 0.05) is 0 Å². The number of aromatic nitrogens is 2. The van der Waals surface area contributed by atoms with E-state index in [1.807, 2.05) is 0 Å². The van der Waals surface area contributed by atoms with Crippen LogP contribution in [0.5, 0.6) is 0 Å². The molecule has 2 aromatic rings. The monoisotopic (exact) mass is 406 g/mol. The molecule has 0 aromatic carbocycles. The van der Waals surface area contributed by atoms with E-state index in [0.29, 0.717) is 0 Å². The minimum atomic E-state index is 1.02. The quantitative estimate of drug-likeness (QED) is 0.416. The fourth-order valence-electron chi connectivity index (χ4n) is 3.46. The first kappa shape index (κ1) is 19.3. The van der Waals surface area contributed by atoms with Crippen molar-refractivity contribution in [1.82, 2.24) is 9.97 Å². The van der Waals surface area contributed by atoms with E-state index in [4.69, 9.17) is 9.97 Å². The molecule has 2 aliphatic rings. The summed E-state index contributed by atoms with van der Waals surface area (Å²) in [6.45, 7) is 12.2. The van der Waals surface area contributed by atoms with Crippen molar-refractivity contribution in [2.45, 2.75) is 52.4 Å². The molecule has 144 valence electrons. The molecule has 0 amide bonds. The Labute approximate surface area is 175 Å². The predicted molar refractivity (Wildman–Crippen MR) is 125 cm³/mol. The van der Waals surface area contributed by atoms with Crippen LogP contribution in [0.3, 0.4) is 0 Å². The fraction of sp³-hybridized carbons (Fsp3) is 0.333. The van der Waals surface area contributed by atoms with Gasteiger partial charge in [0.15, 0.2) is 9.66 Å². The first-order valence-corrected chi connectivity index (χ1v) is 11.5. The lowest BCUT2D eigenvalue weighted by molar-refractivity contribution is 0.911. The zero-order valence-corrected chi connectivity index (χ0v) is 18.3. The van der Waals surface area contributed by atoms with Gasteiger partial charge >= 0.3 is 0 Å². The molecule has 0 fully saturated rings. The summed E-state index contributed by atoms with van der Waals surface area (Å²) in [4.78, 5) is 11.9. The second kappa shape index (κ2) is 8.14. The second-order valence-corrected chi connectivity index (χ2v) is 9.90. The maximum absolute atomic E-state index is 4.89. The first-order valence-electron chi connectivity index (χ1n) is 9.82. The average molecular weight is 407 g/mol. The molecule has 0 unspecified atom stereocenters. The van der Waals surface area contributed by atoms with E-state index in [2.05, 4.69) is 51.3 Å². The lowest BCUT2D eigenvalue weighted by Crippen LogP contribution is -1.85. The van der Waals surface area contributed by atoms with E-state index < -0.39 is 0 Å². The molecule has 0 N–H and O–H groups in total. The van der Waals surface area contributed by atoms with Crippen molar-refractivity contribution in [2.24, 2.45) is 0 Å². The third-order valence-electron chi connectivity index (χ3n) is 5.15. The summed E-state index contributed by atoms with van der Waals surface area (Å²) in [6.07, 6.45) is 15.4. The Kier molecular flexibility index (Phi) is 5.61. The summed E-state index contributed by atoms with van der Waals surface area (Å²) in [6, 6.07) is 0. The summed E-state index contributed by atoms with van der Waals surface area (Å²) >= 11 is 3.46. The Hall–Kier alpha value is -2.04. The van der Waals surface area contributed by atoms with Gasteiger partial charge in [-0.25, -0.2) is 9.97 Å². The smallest absolute Gasteiger partial charge is 0.155 e. The van der Waals surface area contributed by atoms with Gasteiger partial charge in [-0.15, -0.1) is 13.2 Å². The van der Waals surface area contributed by atoms with Crippen LogP contribution < -0.4 is 0 Å². The van der Waals surface area contributed by atoms with Crippen molar-refractivity contribution in [1.29, 1.82) is 0 Å². The molecule has 28 heavy (non-hydrogen) atoms. The van der Waals surface area contributed by atoms with Crippen LogP contribution in [0.25, 0.3) is 20.8 Å². The standard InChI is InChI=1S/C24H26N2S2/c1-15(2)5-7-17-9-11-19(13-17)21-25-23-24(27-21)26-22(28-23)20-12-10-18(14-20)8-6-16(3)4/h9-12H,1,3,5-8,13-14H2,2,4H3. The van der Waals surface area contributed by atoms with Gasteiger partial charge < -0.3 is 0 Å². The SMILES string of the molecule is C=C(C)CCC1=CC=C(c2nc3sc(C4=CC=C(CCC(=C)C)C4)nc3s2)C1. The number of allylic oxidation sites excluding steroid dienone is 10. The number of hydrogen-bond donors (Lipinski definition) is 0. The van der Waals surface area contributed by atoms with Gasteiger partial charge in [0.1, 0.15) is 10.0 Å². The molecule has 0 bridgehead atoms. The van der Waals surface area contributed by atoms with Crippen LogP contribution in [-0.2, 0) is 0 Å². The highest BCUT2D eigenvalue weighted by Gasteiger charge is 2.19. The van der Waals surface area contributed by atoms with Crippen LogP contribution in [0.1, 0.15) is 62.4 Å². The van der Waals surface area contributed by atoms with Gasteiger partial charge in [-0.1, -0.05) is 69.3 Å². The molecule has 0 aliphatic heterocycles.